The Kier molecular flexibility index (Phi) is 3.97. The van der Waals surface area contributed by atoms with Gasteiger partial charge in [-0.1, -0.05) is 23.7 Å². The van der Waals surface area contributed by atoms with Crippen molar-refractivity contribution in [3.8, 4) is 0 Å². The number of hydrogen-bond donors (Lipinski definition) is 1. The van der Waals surface area contributed by atoms with Crippen molar-refractivity contribution in [3.63, 3.8) is 0 Å². The van der Waals surface area contributed by atoms with Gasteiger partial charge in [-0.25, -0.2) is 9.37 Å². The van der Waals surface area contributed by atoms with Crippen molar-refractivity contribution < 1.29 is 4.39 Å². The van der Waals surface area contributed by atoms with Crippen LogP contribution in [-0.2, 0) is 6.54 Å². The number of aromatic nitrogens is 1. The summed E-state index contributed by atoms with van der Waals surface area (Å²) in [5, 5.41) is 3.69. The molecule has 5 heteroatoms. The minimum absolute atomic E-state index is 0.235. The lowest BCUT2D eigenvalue weighted by molar-refractivity contribution is 0.627. The SMILES string of the molecule is Fc1ccc(CNc2ccc(Cl)c(Br)n2)cc1. The van der Waals surface area contributed by atoms with Crippen molar-refractivity contribution in [2.45, 2.75) is 6.54 Å². The molecule has 0 bridgehead atoms. The Labute approximate surface area is 112 Å². The van der Waals surface area contributed by atoms with Crippen LogP contribution in [0.3, 0.4) is 0 Å². The van der Waals surface area contributed by atoms with E-state index in [1.165, 1.54) is 12.1 Å². The molecule has 1 heterocycles. The van der Waals surface area contributed by atoms with E-state index in [2.05, 4.69) is 26.2 Å². The van der Waals surface area contributed by atoms with Gasteiger partial charge >= 0.3 is 0 Å². The van der Waals surface area contributed by atoms with Crippen LogP contribution in [0.25, 0.3) is 0 Å². The van der Waals surface area contributed by atoms with Crippen LogP contribution < -0.4 is 5.32 Å². The normalized spacial score (nSPS) is 10.3. The summed E-state index contributed by atoms with van der Waals surface area (Å²) in [6.45, 7) is 0.585. The van der Waals surface area contributed by atoms with E-state index in [0.29, 0.717) is 22.0 Å². The number of halogens is 3. The van der Waals surface area contributed by atoms with E-state index < -0.39 is 0 Å². The van der Waals surface area contributed by atoms with Crippen LogP contribution in [0.5, 0.6) is 0 Å². The van der Waals surface area contributed by atoms with E-state index in [1.54, 1.807) is 24.3 Å². The first-order valence-corrected chi connectivity index (χ1v) is 6.12. The van der Waals surface area contributed by atoms with Gasteiger partial charge in [0.15, 0.2) is 0 Å². The number of nitrogens with one attached hydrogen (secondary N) is 1. The molecule has 2 aromatic rings. The van der Waals surface area contributed by atoms with E-state index in [0.717, 1.165) is 5.56 Å². The molecule has 0 spiro atoms. The van der Waals surface area contributed by atoms with Gasteiger partial charge < -0.3 is 5.32 Å². The zero-order chi connectivity index (χ0) is 12.3. The summed E-state index contributed by atoms with van der Waals surface area (Å²) in [6.07, 6.45) is 0. The molecule has 0 atom stereocenters. The van der Waals surface area contributed by atoms with Gasteiger partial charge in [-0.3, -0.25) is 0 Å². The van der Waals surface area contributed by atoms with Gasteiger partial charge in [0.1, 0.15) is 16.2 Å². The smallest absolute Gasteiger partial charge is 0.127 e. The summed E-state index contributed by atoms with van der Waals surface area (Å²) in [5.41, 5.74) is 0.985. The zero-order valence-electron chi connectivity index (χ0n) is 8.75. The predicted molar refractivity (Wildman–Crippen MR) is 70.7 cm³/mol. The van der Waals surface area contributed by atoms with Gasteiger partial charge in [0, 0.05) is 6.54 Å². The summed E-state index contributed by atoms with van der Waals surface area (Å²) in [7, 11) is 0. The van der Waals surface area contributed by atoms with E-state index in [4.69, 9.17) is 11.6 Å². The first-order chi connectivity index (χ1) is 8.15. The largest absolute Gasteiger partial charge is 0.366 e. The molecule has 0 saturated heterocycles. The Hall–Kier alpha value is -1.13. The second-order valence-corrected chi connectivity index (χ2v) is 4.61. The van der Waals surface area contributed by atoms with Gasteiger partial charge in [-0.15, -0.1) is 0 Å². The second kappa shape index (κ2) is 5.47. The summed E-state index contributed by atoms with van der Waals surface area (Å²) >= 11 is 9.09. The highest BCUT2D eigenvalue weighted by atomic mass is 79.9. The summed E-state index contributed by atoms with van der Waals surface area (Å²) in [6, 6.07) is 9.87. The number of anilines is 1. The van der Waals surface area contributed by atoms with Crippen LogP contribution >= 0.6 is 27.5 Å². The molecular weight excluding hydrogens is 307 g/mol. The standard InChI is InChI=1S/C12H9BrClFN2/c13-12-10(14)5-6-11(17-12)16-7-8-1-3-9(15)4-2-8/h1-6H,7H2,(H,16,17). The quantitative estimate of drug-likeness (QED) is 0.857. The first kappa shape index (κ1) is 12.3. The van der Waals surface area contributed by atoms with E-state index >= 15 is 0 Å². The number of pyridine rings is 1. The maximum Gasteiger partial charge on any atom is 0.127 e. The zero-order valence-corrected chi connectivity index (χ0v) is 11.1. The molecular formula is C12H9BrClFN2. The van der Waals surface area contributed by atoms with Crippen LogP contribution in [-0.4, -0.2) is 4.98 Å². The Bertz CT molecular complexity index is 516. The van der Waals surface area contributed by atoms with Crippen molar-refractivity contribution in [1.82, 2.24) is 4.98 Å². The lowest BCUT2D eigenvalue weighted by Crippen LogP contribution is -2.01. The van der Waals surface area contributed by atoms with E-state index in [9.17, 15) is 4.39 Å². The topological polar surface area (TPSA) is 24.9 Å². The fraction of sp³-hybridized carbons (Fsp3) is 0.0833. The van der Waals surface area contributed by atoms with Crippen LogP contribution in [0.4, 0.5) is 10.2 Å². The number of nitrogens with zero attached hydrogens (tertiary/aromatic N) is 1. The Morgan fingerprint density at radius 3 is 2.53 bits per heavy atom. The molecule has 0 aliphatic heterocycles. The molecule has 2 nitrogen and oxygen atoms in total. The third-order valence-electron chi connectivity index (χ3n) is 2.19. The maximum absolute atomic E-state index is 12.7. The Morgan fingerprint density at radius 2 is 1.88 bits per heavy atom. The van der Waals surface area contributed by atoms with Crippen molar-refractivity contribution in [1.29, 1.82) is 0 Å². The molecule has 2 rings (SSSR count). The third kappa shape index (κ3) is 3.41. The average molecular weight is 316 g/mol. The molecule has 0 unspecified atom stereocenters. The van der Waals surface area contributed by atoms with Crippen LogP contribution in [0.15, 0.2) is 41.0 Å². The molecule has 1 N–H and O–H groups in total. The van der Waals surface area contributed by atoms with E-state index in [-0.39, 0.29) is 5.82 Å². The number of benzene rings is 1. The molecule has 17 heavy (non-hydrogen) atoms. The molecule has 0 fully saturated rings. The average Bonchev–Trinajstić information content (AvgIpc) is 2.33. The van der Waals surface area contributed by atoms with E-state index in [1.807, 2.05) is 0 Å². The molecule has 0 radical (unpaired) electrons. The van der Waals surface area contributed by atoms with Crippen LogP contribution in [0.2, 0.25) is 5.02 Å². The van der Waals surface area contributed by atoms with Crippen molar-refractivity contribution in [3.05, 3.63) is 57.4 Å². The summed E-state index contributed by atoms with van der Waals surface area (Å²) in [5.74, 6) is 0.478. The van der Waals surface area contributed by atoms with Gasteiger partial charge in [0.2, 0.25) is 0 Å². The van der Waals surface area contributed by atoms with Gasteiger partial charge in [0.05, 0.1) is 5.02 Å². The molecule has 0 amide bonds. The lowest BCUT2D eigenvalue weighted by atomic mass is 10.2. The minimum Gasteiger partial charge on any atom is -0.366 e. The van der Waals surface area contributed by atoms with Gasteiger partial charge in [0.25, 0.3) is 0 Å². The lowest BCUT2D eigenvalue weighted by Gasteiger charge is -2.06. The highest BCUT2D eigenvalue weighted by molar-refractivity contribution is 9.10. The summed E-state index contributed by atoms with van der Waals surface area (Å²) in [4.78, 5) is 4.20. The molecule has 88 valence electrons. The first-order valence-electron chi connectivity index (χ1n) is 4.95. The fourth-order valence-corrected chi connectivity index (χ4v) is 1.74. The predicted octanol–water partition coefficient (Wildman–Crippen LogP) is 4.25. The summed E-state index contributed by atoms with van der Waals surface area (Å²) < 4.78 is 13.3. The maximum atomic E-state index is 12.7. The van der Waals surface area contributed by atoms with Crippen LogP contribution in [0.1, 0.15) is 5.56 Å². The molecule has 1 aromatic heterocycles. The van der Waals surface area contributed by atoms with Crippen LogP contribution in [0, 0.1) is 5.82 Å². The van der Waals surface area contributed by atoms with Crippen molar-refractivity contribution in [2.75, 3.05) is 5.32 Å². The Balaban J connectivity index is 2.02. The Morgan fingerprint density at radius 1 is 1.18 bits per heavy atom. The van der Waals surface area contributed by atoms with Crippen molar-refractivity contribution in [2.24, 2.45) is 0 Å². The molecule has 0 aliphatic rings. The second-order valence-electron chi connectivity index (χ2n) is 3.45. The molecule has 0 aliphatic carbocycles. The fourth-order valence-electron chi connectivity index (χ4n) is 1.31. The third-order valence-corrected chi connectivity index (χ3v) is 3.33. The molecule has 0 saturated carbocycles. The van der Waals surface area contributed by atoms with Gasteiger partial charge in [-0.2, -0.15) is 0 Å². The van der Waals surface area contributed by atoms with Gasteiger partial charge in [-0.05, 0) is 45.8 Å². The molecule has 1 aromatic carbocycles. The van der Waals surface area contributed by atoms with Crippen molar-refractivity contribution >= 4 is 33.3 Å². The monoisotopic (exact) mass is 314 g/mol. The number of hydrogen-bond acceptors (Lipinski definition) is 2. The number of rotatable bonds is 3. The minimum atomic E-state index is -0.235. The highest BCUT2D eigenvalue weighted by Gasteiger charge is 2.00. The highest BCUT2D eigenvalue weighted by Crippen LogP contribution is 2.21.